The highest BCUT2D eigenvalue weighted by atomic mass is 32.1. The predicted molar refractivity (Wildman–Crippen MR) is 71.2 cm³/mol. The zero-order valence-corrected chi connectivity index (χ0v) is 11.8. The van der Waals surface area contributed by atoms with E-state index >= 15 is 0 Å². The molecule has 6 heteroatoms. The van der Waals surface area contributed by atoms with Crippen molar-refractivity contribution in [1.82, 2.24) is 4.90 Å². The van der Waals surface area contributed by atoms with E-state index in [1.54, 1.807) is 4.90 Å². The van der Waals surface area contributed by atoms with Crippen LogP contribution in [0.4, 0.5) is 0 Å². The summed E-state index contributed by atoms with van der Waals surface area (Å²) in [7, 11) is 0. The Labute approximate surface area is 115 Å². The fourth-order valence-electron chi connectivity index (χ4n) is 2.28. The molecule has 104 valence electrons. The van der Waals surface area contributed by atoms with E-state index in [9.17, 15) is 14.7 Å². The first-order valence-electron chi connectivity index (χ1n) is 6.24. The van der Waals surface area contributed by atoms with Gasteiger partial charge in [-0.05, 0) is 25.5 Å². The van der Waals surface area contributed by atoms with Crippen LogP contribution in [0.2, 0.25) is 0 Å². The maximum atomic E-state index is 12.0. The number of aliphatic carboxylic acids is 1. The van der Waals surface area contributed by atoms with E-state index < -0.39 is 18.1 Å². The highest BCUT2D eigenvalue weighted by Gasteiger charge is 2.42. The smallest absolute Gasteiger partial charge is 0.335 e. The Bertz CT molecular complexity index is 485. The number of hydrogen-bond acceptors (Lipinski definition) is 4. The number of hydrogen-bond donors (Lipinski definition) is 1. The Morgan fingerprint density at radius 2 is 2.32 bits per heavy atom. The molecular weight excluding hydrogens is 266 g/mol. The second-order valence-corrected chi connectivity index (χ2v) is 5.87. The number of thiophene rings is 1. The Morgan fingerprint density at radius 3 is 2.84 bits per heavy atom. The molecule has 2 unspecified atom stereocenters. The van der Waals surface area contributed by atoms with Gasteiger partial charge in [-0.1, -0.05) is 6.92 Å². The van der Waals surface area contributed by atoms with Crippen molar-refractivity contribution in [2.45, 2.75) is 32.4 Å². The summed E-state index contributed by atoms with van der Waals surface area (Å²) in [6, 6.07) is 3.30. The third-order valence-electron chi connectivity index (χ3n) is 3.09. The van der Waals surface area contributed by atoms with Crippen LogP contribution in [-0.2, 0) is 14.3 Å². The fraction of sp³-hybridized carbons (Fsp3) is 0.538. The van der Waals surface area contributed by atoms with Crippen molar-refractivity contribution in [3.63, 3.8) is 0 Å². The van der Waals surface area contributed by atoms with E-state index in [0.717, 1.165) is 16.2 Å². The predicted octanol–water partition coefficient (Wildman–Crippen LogP) is 1.82. The van der Waals surface area contributed by atoms with Crippen molar-refractivity contribution in [2.75, 3.05) is 13.2 Å². The monoisotopic (exact) mass is 283 g/mol. The molecule has 1 aromatic rings. The van der Waals surface area contributed by atoms with Gasteiger partial charge in [-0.2, -0.15) is 0 Å². The van der Waals surface area contributed by atoms with E-state index in [2.05, 4.69) is 0 Å². The number of carboxylic acids is 1. The largest absolute Gasteiger partial charge is 0.479 e. The van der Waals surface area contributed by atoms with Crippen LogP contribution in [-0.4, -0.2) is 41.1 Å². The number of aryl methyl sites for hydroxylation is 1. The topological polar surface area (TPSA) is 66.8 Å². The number of rotatable bonds is 4. The quantitative estimate of drug-likeness (QED) is 0.915. The van der Waals surface area contributed by atoms with Gasteiger partial charge >= 0.3 is 5.97 Å². The fourth-order valence-corrected chi connectivity index (χ4v) is 3.30. The van der Waals surface area contributed by atoms with Crippen molar-refractivity contribution < 1.29 is 19.4 Å². The van der Waals surface area contributed by atoms with Gasteiger partial charge in [0.25, 0.3) is 0 Å². The average molecular weight is 283 g/mol. The SMILES string of the molecule is CCCN1C(=O)COC(C(=O)O)C1c1ccc(C)s1. The summed E-state index contributed by atoms with van der Waals surface area (Å²) in [5.74, 6) is -1.17. The van der Waals surface area contributed by atoms with Crippen LogP contribution < -0.4 is 0 Å². The molecule has 2 heterocycles. The van der Waals surface area contributed by atoms with Gasteiger partial charge in [-0.25, -0.2) is 4.79 Å². The summed E-state index contributed by atoms with van der Waals surface area (Å²) in [6.07, 6.45) is -0.193. The molecule has 0 bridgehead atoms. The maximum absolute atomic E-state index is 12.0. The molecule has 0 aromatic carbocycles. The standard InChI is InChI=1S/C13H17NO4S/c1-3-6-14-10(15)7-18-12(13(16)17)11(14)9-5-4-8(2)19-9/h4-5,11-12H,3,6-7H2,1-2H3,(H,16,17). The maximum Gasteiger partial charge on any atom is 0.335 e. The van der Waals surface area contributed by atoms with Gasteiger partial charge in [0, 0.05) is 16.3 Å². The second-order valence-electron chi connectivity index (χ2n) is 4.55. The van der Waals surface area contributed by atoms with Gasteiger partial charge in [-0.15, -0.1) is 11.3 Å². The van der Waals surface area contributed by atoms with E-state index in [4.69, 9.17) is 4.74 Å². The Hall–Kier alpha value is -1.40. The third-order valence-corrected chi connectivity index (χ3v) is 4.16. The third kappa shape index (κ3) is 2.79. The minimum Gasteiger partial charge on any atom is -0.479 e. The first-order chi connectivity index (χ1) is 9.04. The molecule has 2 atom stereocenters. The first-order valence-corrected chi connectivity index (χ1v) is 7.06. The summed E-state index contributed by atoms with van der Waals surface area (Å²) in [5, 5.41) is 9.29. The van der Waals surface area contributed by atoms with Crippen LogP contribution in [0.1, 0.15) is 29.1 Å². The molecule has 19 heavy (non-hydrogen) atoms. The molecule has 1 aliphatic rings. The van der Waals surface area contributed by atoms with E-state index in [1.165, 1.54) is 11.3 Å². The van der Waals surface area contributed by atoms with Crippen LogP contribution in [0.25, 0.3) is 0 Å². The molecule has 1 saturated heterocycles. The zero-order chi connectivity index (χ0) is 14.0. The summed E-state index contributed by atoms with van der Waals surface area (Å²) in [4.78, 5) is 26.9. The average Bonchev–Trinajstić information content (AvgIpc) is 2.78. The van der Waals surface area contributed by atoms with Crippen molar-refractivity contribution in [1.29, 1.82) is 0 Å². The van der Waals surface area contributed by atoms with Gasteiger partial charge in [0.2, 0.25) is 5.91 Å². The lowest BCUT2D eigenvalue weighted by atomic mass is 10.0. The summed E-state index contributed by atoms with van der Waals surface area (Å²) >= 11 is 1.51. The summed E-state index contributed by atoms with van der Waals surface area (Å²) in [6.45, 7) is 4.32. The van der Waals surface area contributed by atoms with Gasteiger partial charge in [0.15, 0.2) is 6.10 Å². The second kappa shape index (κ2) is 5.71. The van der Waals surface area contributed by atoms with Crippen LogP contribution in [0.3, 0.4) is 0 Å². The number of carboxylic acid groups (broad SMARTS) is 1. The van der Waals surface area contributed by atoms with Gasteiger partial charge in [-0.3, -0.25) is 4.79 Å². The lowest BCUT2D eigenvalue weighted by Crippen LogP contribution is -2.51. The van der Waals surface area contributed by atoms with Crippen LogP contribution in [0.5, 0.6) is 0 Å². The highest BCUT2D eigenvalue weighted by molar-refractivity contribution is 7.12. The van der Waals surface area contributed by atoms with Crippen LogP contribution in [0, 0.1) is 6.92 Å². The molecule has 0 radical (unpaired) electrons. The van der Waals surface area contributed by atoms with Crippen molar-refractivity contribution >= 4 is 23.2 Å². The number of carbonyl (C=O) groups excluding carboxylic acids is 1. The number of amides is 1. The molecule has 2 rings (SSSR count). The minimum atomic E-state index is -1.02. The minimum absolute atomic E-state index is 0.143. The molecule has 0 aliphatic carbocycles. The molecular formula is C13H17NO4S. The number of nitrogens with zero attached hydrogens (tertiary/aromatic N) is 1. The molecule has 1 aromatic heterocycles. The lowest BCUT2D eigenvalue weighted by molar-refractivity contribution is -0.173. The van der Waals surface area contributed by atoms with Crippen LogP contribution in [0.15, 0.2) is 12.1 Å². The molecule has 1 aliphatic heterocycles. The molecule has 1 fully saturated rings. The molecule has 1 amide bonds. The lowest BCUT2D eigenvalue weighted by Gasteiger charge is -2.38. The van der Waals surface area contributed by atoms with Gasteiger partial charge in [0.05, 0.1) is 0 Å². The number of carbonyl (C=O) groups is 2. The van der Waals surface area contributed by atoms with Crippen LogP contribution >= 0.6 is 11.3 Å². The van der Waals surface area contributed by atoms with Crippen molar-refractivity contribution in [3.05, 3.63) is 21.9 Å². The molecule has 0 saturated carbocycles. The molecule has 5 nitrogen and oxygen atoms in total. The van der Waals surface area contributed by atoms with Crippen molar-refractivity contribution in [3.8, 4) is 0 Å². The molecule has 0 spiro atoms. The van der Waals surface area contributed by atoms with Gasteiger partial charge in [0.1, 0.15) is 12.6 Å². The number of ether oxygens (including phenoxy) is 1. The Morgan fingerprint density at radius 1 is 1.58 bits per heavy atom. The zero-order valence-electron chi connectivity index (χ0n) is 11.0. The Balaban J connectivity index is 2.37. The normalized spacial score (nSPS) is 23.7. The van der Waals surface area contributed by atoms with E-state index in [-0.39, 0.29) is 12.5 Å². The Kier molecular flexibility index (Phi) is 4.21. The molecule has 1 N–H and O–H groups in total. The summed E-state index contributed by atoms with van der Waals surface area (Å²) < 4.78 is 5.22. The highest BCUT2D eigenvalue weighted by Crippen LogP contribution is 2.34. The first kappa shape index (κ1) is 14.0. The van der Waals surface area contributed by atoms with Gasteiger partial charge < -0.3 is 14.7 Å². The van der Waals surface area contributed by atoms with E-state index in [0.29, 0.717) is 6.54 Å². The van der Waals surface area contributed by atoms with Crippen molar-refractivity contribution in [2.24, 2.45) is 0 Å². The number of morpholine rings is 1. The van der Waals surface area contributed by atoms with E-state index in [1.807, 2.05) is 26.0 Å². The summed E-state index contributed by atoms with van der Waals surface area (Å²) in [5.41, 5.74) is 0.